The second kappa shape index (κ2) is 22.0. The van der Waals surface area contributed by atoms with Gasteiger partial charge in [-0.25, -0.2) is 0 Å². The summed E-state index contributed by atoms with van der Waals surface area (Å²) < 4.78 is 8.17. The third kappa shape index (κ3) is 12.7. The Hall–Kier alpha value is -2.85. The van der Waals surface area contributed by atoms with Gasteiger partial charge in [-0.05, 0) is 56.8 Å². The fourth-order valence-electron chi connectivity index (χ4n) is 4.55. The molecule has 0 unspecified atom stereocenters. The van der Waals surface area contributed by atoms with Crippen molar-refractivity contribution in [1.29, 1.82) is 0 Å². The highest BCUT2D eigenvalue weighted by Gasteiger charge is 2.10. The Morgan fingerprint density at radius 2 is 1.64 bits per heavy atom. The molecule has 1 heterocycles. The van der Waals surface area contributed by atoms with Crippen LogP contribution in [0.4, 0.5) is 0 Å². The summed E-state index contributed by atoms with van der Waals surface area (Å²) in [6.45, 7) is 17.9. The van der Waals surface area contributed by atoms with E-state index < -0.39 is 0 Å². The van der Waals surface area contributed by atoms with E-state index in [0.717, 1.165) is 68.4 Å². The van der Waals surface area contributed by atoms with Crippen molar-refractivity contribution >= 4 is 17.2 Å². The minimum Gasteiger partial charge on any atom is -0.496 e. The van der Waals surface area contributed by atoms with Crippen LogP contribution >= 0.6 is 0 Å². The minimum absolute atomic E-state index is 0.781. The molecule has 0 atom stereocenters. The number of aldehydes is 1. The monoisotopic (exact) mass is 534 g/mol. The molecule has 1 aromatic heterocycles. The molecule has 216 valence electrons. The summed E-state index contributed by atoms with van der Waals surface area (Å²) in [4.78, 5) is 13.6. The summed E-state index contributed by atoms with van der Waals surface area (Å²) in [7, 11) is 0. The molecular formula is C35H54N2O2. The molecular weight excluding hydrogens is 480 g/mol. The molecule has 0 amide bonds. The predicted octanol–water partition coefficient (Wildman–Crippen LogP) is 9.31. The van der Waals surface area contributed by atoms with E-state index in [-0.39, 0.29) is 0 Å². The van der Waals surface area contributed by atoms with Crippen LogP contribution in [0.5, 0.6) is 0 Å². The third-order valence-corrected chi connectivity index (χ3v) is 6.44. The van der Waals surface area contributed by atoms with E-state index in [2.05, 4.69) is 85.8 Å². The highest BCUT2D eigenvalue weighted by atomic mass is 16.5. The van der Waals surface area contributed by atoms with E-state index >= 15 is 0 Å². The number of para-hydroxylation sites is 1. The van der Waals surface area contributed by atoms with E-state index in [0.29, 0.717) is 0 Å². The summed E-state index contributed by atoms with van der Waals surface area (Å²) in [6.07, 6.45) is 25.4. The molecule has 0 fully saturated rings. The zero-order chi connectivity index (χ0) is 28.7. The topological polar surface area (TPSA) is 34.5 Å². The molecule has 39 heavy (non-hydrogen) atoms. The van der Waals surface area contributed by atoms with Crippen molar-refractivity contribution in [3.05, 3.63) is 83.8 Å². The summed E-state index contributed by atoms with van der Waals surface area (Å²) in [5, 5.41) is 1.09. The lowest BCUT2D eigenvalue weighted by atomic mass is 10.1. The number of fused-ring (bicyclic) bond motifs is 1. The van der Waals surface area contributed by atoms with Crippen LogP contribution in [0.2, 0.25) is 0 Å². The molecule has 3 rings (SSSR count). The first-order valence-corrected chi connectivity index (χ1v) is 15.3. The molecule has 0 bridgehead atoms. The average molecular weight is 535 g/mol. The molecule has 0 spiro atoms. The van der Waals surface area contributed by atoms with Crippen LogP contribution in [0.1, 0.15) is 96.0 Å². The van der Waals surface area contributed by atoms with Gasteiger partial charge in [-0.2, -0.15) is 0 Å². The van der Waals surface area contributed by atoms with Gasteiger partial charge in [0.2, 0.25) is 0 Å². The summed E-state index contributed by atoms with van der Waals surface area (Å²) in [5.74, 6) is 1.06. The number of carbonyl (C=O) groups is 1. The molecule has 4 heteroatoms. The quantitative estimate of drug-likeness (QED) is 0.240. The average Bonchev–Trinajstić information content (AvgIpc) is 3.35. The van der Waals surface area contributed by atoms with Crippen molar-refractivity contribution < 1.29 is 9.53 Å². The van der Waals surface area contributed by atoms with Crippen LogP contribution in [0.3, 0.4) is 0 Å². The number of hydrogen-bond donors (Lipinski definition) is 0. The zero-order valence-electron chi connectivity index (χ0n) is 25.6. The van der Waals surface area contributed by atoms with Gasteiger partial charge >= 0.3 is 0 Å². The first kappa shape index (κ1) is 34.2. The van der Waals surface area contributed by atoms with E-state index in [9.17, 15) is 4.79 Å². The molecule has 0 N–H and O–H groups in total. The first-order valence-electron chi connectivity index (χ1n) is 15.3. The van der Waals surface area contributed by atoms with Gasteiger partial charge in [-0.3, -0.25) is 9.69 Å². The number of nitrogens with zero attached hydrogens (tertiary/aromatic N) is 2. The fourth-order valence-corrected chi connectivity index (χ4v) is 4.55. The summed E-state index contributed by atoms with van der Waals surface area (Å²) in [6, 6.07) is 6.23. The van der Waals surface area contributed by atoms with Gasteiger partial charge in [0, 0.05) is 36.7 Å². The van der Waals surface area contributed by atoms with Gasteiger partial charge < -0.3 is 9.30 Å². The third-order valence-electron chi connectivity index (χ3n) is 6.44. The molecule has 4 nitrogen and oxygen atoms in total. The maximum absolute atomic E-state index is 11.1. The molecule has 1 aliphatic rings. The van der Waals surface area contributed by atoms with Crippen LogP contribution in [0, 0.1) is 0 Å². The highest BCUT2D eigenvalue weighted by molar-refractivity contribution is 5.98. The molecule has 1 aliphatic carbocycles. The standard InChI is InChI=1S/C18H29NO.C15H19NO.C2H6/c1-3-14-19(15-4-2)16-17-20-18-12-10-8-6-5-7-9-11-13-18;1-3-5-9-16-10-13(11-17)14-8-6-7-12(4-2)15(14)16;1-2/h5-6,8-11,13H,3-4,7,12,14-17H2,1-2H3;6-8,10-11H,3-5,9H2,1-2H3;1-2H3/b6-5-,10-8-,11-9-,18-13+;;. The SMILES string of the molecule is CC.CCCCn1cc(C=O)c2cccc(CC)c21.CCCN(CCC)CCO/C1=C/C=C\C/C=C\C=C/C1. The van der Waals surface area contributed by atoms with Gasteiger partial charge in [0.25, 0.3) is 0 Å². The van der Waals surface area contributed by atoms with Crippen LogP contribution in [-0.2, 0) is 17.7 Å². The number of aryl methyl sites for hydroxylation is 2. The number of aromatic nitrogens is 1. The van der Waals surface area contributed by atoms with Crippen molar-refractivity contribution in [2.24, 2.45) is 0 Å². The first-order chi connectivity index (χ1) is 19.2. The maximum atomic E-state index is 11.1. The lowest BCUT2D eigenvalue weighted by molar-refractivity contribution is 0.112. The predicted molar refractivity (Wildman–Crippen MR) is 171 cm³/mol. The van der Waals surface area contributed by atoms with Crippen LogP contribution < -0.4 is 0 Å². The number of ether oxygens (including phenoxy) is 1. The Kier molecular flexibility index (Phi) is 19.3. The number of rotatable bonds is 13. The number of benzene rings is 1. The smallest absolute Gasteiger partial charge is 0.152 e. The lowest BCUT2D eigenvalue weighted by Crippen LogP contribution is -2.29. The van der Waals surface area contributed by atoms with E-state index in [4.69, 9.17) is 4.74 Å². The molecule has 2 aromatic rings. The Bertz CT molecular complexity index is 1040. The minimum atomic E-state index is 0.781. The Labute approximate surface area is 239 Å². The number of hydrogen-bond acceptors (Lipinski definition) is 3. The van der Waals surface area contributed by atoms with Gasteiger partial charge in [-0.1, -0.05) is 103 Å². The lowest BCUT2D eigenvalue weighted by Gasteiger charge is -2.21. The fraction of sp³-hybridized carbons (Fsp3) is 0.514. The van der Waals surface area contributed by atoms with Gasteiger partial charge in [0.05, 0.1) is 11.3 Å². The summed E-state index contributed by atoms with van der Waals surface area (Å²) in [5.41, 5.74) is 3.38. The van der Waals surface area contributed by atoms with Crippen molar-refractivity contribution in [1.82, 2.24) is 9.47 Å². The van der Waals surface area contributed by atoms with E-state index in [1.54, 1.807) is 0 Å². The number of carbonyl (C=O) groups excluding carboxylic acids is 1. The van der Waals surface area contributed by atoms with E-state index in [1.807, 2.05) is 32.2 Å². The normalized spacial score (nSPS) is 16.6. The second-order valence-electron chi connectivity index (χ2n) is 9.46. The van der Waals surface area contributed by atoms with Gasteiger partial charge in [0.15, 0.2) is 6.29 Å². The van der Waals surface area contributed by atoms with Gasteiger partial charge in [0.1, 0.15) is 6.61 Å². The number of allylic oxidation sites excluding steroid dienone is 7. The molecule has 0 saturated heterocycles. The summed E-state index contributed by atoms with van der Waals surface area (Å²) >= 11 is 0. The second-order valence-corrected chi connectivity index (χ2v) is 9.46. The molecule has 1 aromatic carbocycles. The van der Waals surface area contributed by atoms with Crippen molar-refractivity contribution in [3.8, 4) is 0 Å². The Morgan fingerprint density at radius 3 is 2.31 bits per heavy atom. The largest absolute Gasteiger partial charge is 0.496 e. The van der Waals surface area contributed by atoms with Crippen LogP contribution in [0.15, 0.2) is 72.7 Å². The van der Waals surface area contributed by atoms with Crippen LogP contribution in [-0.4, -0.2) is 42.0 Å². The highest BCUT2D eigenvalue weighted by Crippen LogP contribution is 2.25. The van der Waals surface area contributed by atoms with E-state index in [1.165, 1.54) is 43.4 Å². The van der Waals surface area contributed by atoms with Crippen LogP contribution in [0.25, 0.3) is 10.9 Å². The molecule has 0 saturated carbocycles. The molecule has 0 aliphatic heterocycles. The zero-order valence-corrected chi connectivity index (χ0v) is 25.6. The van der Waals surface area contributed by atoms with Crippen molar-refractivity contribution in [2.45, 2.75) is 93.0 Å². The Morgan fingerprint density at radius 1 is 0.923 bits per heavy atom. The molecule has 0 radical (unpaired) electrons. The van der Waals surface area contributed by atoms with Crippen molar-refractivity contribution in [2.75, 3.05) is 26.2 Å². The van der Waals surface area contributed by atoms with Crippen molar-refractivity contribution in [3.63, 3.8) is 0 Å². The Balaban J connectivity index is 0.000000370. The van der Waals surface area contributed by atoms with Gasteiger partial charge in [-0.15, -0.1) is 0 Å². The maximum Gasteiger partial charge on any atom is 0.152 e. The number of unbranched alkanes of at least 4 members (excludes halogenated alkanes) is 1.